The van der Waals surface area contributed by atoms with E-state index in [9.17, 15) is 29.1 Å². The third kappa shape index (κ3) is 7.39. The van der Waals surface area contributed by atoms with Crippen molar-refractivity contribution in [3.8, 4) is 0 Å². The molecule has 2 aromatic heterocycles. The number of carboxylic acids is 2. The molecule has 4 atom stereocenters. The molecule has 1 aromatic carbocycles. The average molecular weight is 528 g/mol. The monoisotopic (exact) mass is 527 g/mol. The zero-order valence-electron chi connectivity index (χ0n) is 20.4. The minimum Gasteiger partial charge on any atom is -0.481 e. The molecule has 0 fully saturated rings. The number of H-pyrrole nitrogens is 2. The molecule has 0 radical (unpaired) electrons. The molecule has 0 aliphatic heterocycles. The van der Waals surface area contributed by atoms with Crippen LogP contribution in [0, 0.1) is 0 Å². The maximum atomic E-state index is 13.3. The predicted molar refractivity (Wildman–Crippen MR) is 134 cm³/mol. The number of aromatic nitrogens is 3. The van der Waals surface area contributed by atoms with Gasteiger partial charge in [0.1, 0.15) is 18.1 Å². The van der Waals surface area contributed by atoms with Crippen molar-refractivity contribution < 1.29 is 34.2 Å². The maximum Gasteiger partial charge on any atom is 0.325 e. The van der Waals surface area contributed by atoms with Gasteiger partial charge < -0.3 is 41.9 Å². The van der Waals surface area contributed by atoms with Crippen LogP contribution in [0.5, 0.6) is 0 Å². The average Bonchev–Trinajstić information content (AvgIpc) is 3.52. The van der Waals surface area contributed by atoms with Crippen LogP contribution in [-0.2, 0) is 36.8 Å². The standard InChI is InChI=1S/C24H29N7O7/c1-12(24(37)38)29-22(35)19(8-20(32)33)31-23(36)18(6-13-9-27-17-5-3-2-4-15(13)17)30-21(34)16(25)7-14-10-26-11-28-14/h2-5,9-12,16,18-19,27H,6-8,25H2,1H3,(H,26,28)(H,29,35)(H,30,34)(H,31,36)(H,32,33)(H,37,38). The van der Waals surface area contributed by atoms with E-state index in [1.807, 2.05) is 24.3 Å². The van der Waals surface area contributed by atoms with Gasteiger partial charge in [0.15, 0.2) is 0 Å². The molecule has 0 saturated carbocycles. The predicted octanol–water partition coefficient (Wildman–Crippen LogP) is -0.963. The number of nitrogens with two attached hydrogens (primary N) is 1. The number of hydrogen-bond donors (Lipinski definition) is 8. The topological polar surface area (TPSA) is 232 Å². The summed E-state index contributed by atoms with van der Waals surface area (Å²) in [6, 6.07) is 2.11. The number of carboxylic acid groups (broad SMARTS) is 2. The Morgan fingerprint density at radius 3 is 2.29 bits per heavy atom. The van der Waals surface area contributed by atoms with Crippen molar-refractivity contribution in [1.29, 1.82) is 0 Å². The van der Waals surface area contributed by atoms with Gasteiger partial charge in [-0.1, -0.05) is 18.2 Å². The zero-order chi connectivity index (χ0) is 27.8. The molecule has 0 aliphatic carbocycles. The molecule has 38 heavy (non-hydrogen) atoms. The summed E-state index contributed by atoms with van der Waals surface area (Å²) in [6.07, 6.45) is 3.92. The quantitative estimate of drug-likeness (QED) is 0.136. The van der Waals surface area contributed by atoms with Gasteiger partial charge in [0, 0.05) is 41.8 Å². The third-order valence-electron chi connectivity index (χ3n) is 5.80. The number of nitrogens with one attached hydrogen (secondary N) is 5. The molecular formula is C24H29N7O7. The van der Waals surface area contributed by atoms with Crippen LogP contribution in [0.1, 0.15) is 24.6 Å². The van der Waals surface area contributed by atoms with E-state index >= 15 is 0 Å². The Morgan fingerprint density at radius 1 is 0.947 bits per heavy atom. The number of para-hydroxylation sites is 1. The Hall–Kier alpha value is -4.72. The molecule has 3 rings (SSSR count). The highest BCUT2D eigenvalue weighted by Gasteiger charge is 2.31. The van der Waals surface area contributed by atoms with E-state index < -0.39 is 60.2 Å². The number of carbonyl (C=O) groups is 5. The van der Waals surface area contributed by atoms with Gasteiger partial charge in [0.25, 0.3) is 0 Å². The Labute approximate surface area is 216 Å². The maximum absolute atomic E-state index is 13.3. The van der Waals surface area contributed by atoms with Crippen molar-refractivity contribution in [3.05, 3.63) is 54.2 Å². The first-order chi connectivity index (χ1) is 18.0. The Balaban J connectivity index is 1.82. The number of benzene rings is 1. The number of rotatable bonds is 13. The van der Waals surface area contributed by atoms with Crippen molar-refractivity contribution in [2.24, 2.45) is 5.73 Å². The fraction of sp³-hybridized carbons (Fsp3) is 0.333. The van der Waals surface area contributed by atoms with Crippen molar-refractivity contribution in [1.82, 2.24) is 30.9 Å². The number of hydrogen-bond acceptors (Lipinski definition) is 7. The van der Waals surface area contributed by atoms with Gasteiger partial charge in [-0.05, 0) is 18.6 Å². The van der Waals surface area contributed by atoms with Gasteiger partial charge >= 0.3 is 11.9 Å². The molecule has 0 spiro atoms. The fourth-order valence-electron chi connectivity index (χ4n) is 3.77. The summed E-state index contributed by atoms with van der Waals surface area (Å²) in [4.78, 5) is 71.0. The van der Waals surface area contributed by atoms with Crippen molar-refractivity contribution >= 4 is 40.6 Å². The number of imidazole rings is 1. The summed E-state index contributed by atoms with van der Waals surface area (Å²) in [5, 5.41) is 26.2. The van der Waals surface area contributed by atoms with Gasteiger partial charge in [-0.2, -0.15) is 0 Å². The van der Waals surface area contributed by atoms with Gasteiger partial charge in [-0.25, -0.2) is 4.98 Å². The molecular weight excluding hydrogens is 498 g/mol. The lowest BCUT2D eigenvalue weighted by Gasteiger charge is -2.24. The first-order valence-corrected chi connectivity index (χ1v) is 11.7. The van der Waals surface area contributed by atoms with Crippen LogP contribution in [-0.4, -0.2) is 79.0 Å². The van der Waals surface area contributed by atoms with Crippen LogP contribution >= 0.6 is 0 Å². The number of fused-ring (bicyclic) bond motifs is 1. The molecule has 0 saturated heterocycles. The summed E-state index contributed by atoms with van der Waals surface area (Å²) in [5.41, 5.74) is 8.11. The lowest BCUT2D eigenvalue weighted by atomic mass is 10.0. The van der Waals surface area contributed by atoms with Crippen LogP contribution in [0.15, 0.2) is 43.0 Å². The molecule has 202 valence electrons. The molecule has 3 amide bonds. The molecule has 14 heteroatoms. The van der Waals surface area contributed by atoms with Crippen molar-refractivity contribution in [2.75, 3.05) is 0 Å². The molecule has 2 heterocycles. The largest absolute Gasteiger partial charge is 0.481 e. The number of aromatic amines is 2. The number of nitrogens with zero attached hydrogens (tertiary/aromatic N) is 1. The van der Waals surface area contributed by atoms with E-state index in [0.29, 0.717) is 11.3 Å². The third-order valence-corrected chi connectivity index (χ3v) is 5.80. The summed E-state index contributed by atoms with van der Waals surface area (Å²) in [6.45, 7) is 1.20. The summed E-state index contributed by atoms with van der Waals surface area (Å²) in [7, 11) is 0. The van der Waals surface area contributed by atoms with E-state index in [1.165, 1.54) is 19.4 Å². The normalized spacial score (nSPS) is 14.2. The lowest BCUT2D eigenvalue weighted by Crippen LogP contribution is -2.58. The van der Waals surface area contributed by atoms with E-state index in [4.69, 9.17) is 10.8 Å². The Kier molecular flexibility index (Phi) is 9.16. The van der Waals surface area contributed by atoms with Crippen molar-refractivity contribution in [3.63, 3.8) is 0 Å². The van der Waals surface area contributed by atoms with Crippen LogP contribution in [0.25, 0.3) is 10.9 Å². The van der Waals surface area contributed by atoms with Gasteiger partial charge in [0.05, 0.1) is 18.8 Å². The minimum absolute atomic E-state index is 0.00863. The Bertz CT molecular complexity index is 1300. The number of amides is 3. The second-order valence-corrected chi connectivity index (χ2v) is 8.74. The van der Waals surface area contributed by atoms with E-state index in [2.05, 4.69) is 30.9 Å². The fourth-order valence-corrected chi connectivity index (χ4v) is 3.77. The molecule has 14 nitrogen and oxygen atoms in total. The number of carbonyl (C=O) groups excluding carboxylic acids is 3. The van der Waals surface area contributed by atoms with E-state index in [-0.39, 0.29) is 12.8 Å². The lowest BCUT2D eigenvalue weighted by molar-refractivity contribution is -0.143. The smallest absolute Gasteiger partial charge is 0.325 e. The first kappa shape index (κ1) is 27.9. The minimum atomic E-state index is -1.59. The molecule has 9 N–H and O–H groups in total. The summed E-state index contributed by atoms with van der Waals surface area (Å²) < 4.78 is 0. The SMILES string of the molecule is CC(NC(=O)C(CC(=O)O)NC(=O)C(Cc1c[nH]c2ccccc12)NC(=O)C(N)Cc1cnc[nH]1)C(=O)O. The summed E-state index contributed by atoms with van der Waals surface area (Å²) in [5.74, 6) is -5.23. The second kappa shape index (κ2) is 12.5. The van der Waals surface area contributed by atoms with E-state index in [0.717, 1.165) is 10.9 Å². The highest BCUT2D eigenvalue weighted by Crippen LogP contribution is 2.19. The second-order valence-electron chi connectivity index (χ2n) is 8.74. The Morgan fingerprint density at radius 2 is 1.63 bits per heavy atom. The van der Waals surface area contributed by atoms with Gasteiger partial charge in [0.2, 0.25) is 17.7 Å². The van der Waals surface area contributed by atoms with Crippen molar-refractivity contribution in [2.45, 2.75) is 50.4 Å². The van der Waals surface area contributed by atoms with Crippen LogP contribution in [0.2, 0.25) is 0 Å². The number of aliphatic carboxylic acids is 2. The van der Waals surface area contributed by atoms with Crippen LogP contribution in [0.3, 0.4) is 0 Å². The highest BCUT2D eigenvalue weighted by molar-refractivity contribution is 5.96. The van der Waals surface area contributed by atoms with Crippen LogP contribution in [0.4, 0.5) is 0 Å². The first-order valence-electron chi connectivity index (χ1n) is 11.7. The summed E-state index contributed by atoms with van der Waals surface area (Å²) >= 11 is 0. The molecule has 0 aliphatic rings. The van der Waals surface area contributed by atoms with Crippen LogP contribution < -0.4 is 21.7 Å². The molecule has 3 aromatic rings. The zero-order valence-corrected chi connectivity index (χ0v) is 20.4. The highest BCUT2D eigenvalue weighted by atomic mass is 16.4. The van der Waals surface area contributed by atoms with Gasteiger partial charge in [-0.3, -0.25) is 24.0 Å². The molecule has 4 unspecified atom stereocenters. The molecule has 0 bridgehead atoms. The van der Waals surface area contributed by atoms with E-state index in [1.54, 1.807) is 6.20 Å². The van der Waals surface area contributed by atoms with Gasteiger partial charge in [-0.15, -0.1) is 0 Å².